The van der Waals surface area contributed by atoms with Crippen LogP contribution in [0.3, 0.4) is 0 Å². The summed E-state index contributed by atoms with van der Waals surface area (Å²) in [5.41, 5.74) is 42.7. The fourth-order valence-corrected chi connectivity index (χ4v) is 11.9. The molecule has 1 fully saturated rings. The van der Waals surface area contributed by atoms with Crippen molar-refractivity contribution in [3.05, 3.63) is 83.7 Å². The number of benzene rings is 2. The Kier molecular flexibility index (Phi) is 42.4. The third-order valence-electron chi connectivity index (χ3n) is 17.8. The minimum atomic E-state index is -1.55. The first-order valence-electron chi connectivity index (χ1n) is 37.3. The Balaban J connectivity index is 1.90. The van der Waals surface area contributed by atoms with Gasteiger partial charge in [-0.25, -0.2) is 4.68 Å². The van der Waals surface area contributed by atoms with E-state index in [1.54, 1.807) is 44.2 Å². The highest BCUT2D eigenvalue weighted by atomic mass is 16.2. The van der Waals surface area contributed by atoms with Gasteiger partial charge in [0.2, 0.25) is 65.0 Å². The second kappa shape index (κ2) is 50.4. The number of unbranched alkanes of at least 4 members (excludes halogenated alkanes) is 7. The van der Waals surface area contributed by atoms with Gasteiger partial charge in [-0.2, -0.15) is 0 Å². The van der Waals surface area contributed by atoms with Gasteiger partial charge in [0, 0.05) is 19.4 Å². The Bertz CT molecular complexity index is 3160. The summed E-state index contributed by atoms with van der Waals surface area (Å²) in [5.74, 6) is -9.85. The van der Waals surface area contributed by atoms with E-state index in [-0.39, 0.29) is 141 Å². The van der Waals surface area contributed by atoms with Gasteiger partial charge in [-0.05, 0) is 204 Å². The highest BCUT2D eigenvalue weighted by molar-refractivity contribution is 6.00. The lowest BCUT2D eigenvalue weighted by Crippen LogP contribution is -2.61. The molecule has 33 nitrogen and oxygen atoms in total. The topological polar surface area (TPSA) is 550 Å². The number of hydrogen-bond donors (Lipinski definition) is 18. The lowest BCUT2D eigenvalue weighted by molar-refractivity contribution is -0.137. The van der Waals surface area contributed by atoms with Crippen LogP contribution in [0.1, 0.15) is 190 Å². The van der Waals surface area contributed by atoms with Crippen LogP contribution in [0.25, 0.3) is 0 Å². The molecule has 2 aromatic carbocycles. The lowest BCUT2D eigenvalue weighted by Gasteiger charge is -2.29. The zero-order valence-corrected chi connectivity index (χ0v) is 61.3. The van der Waals surface area contributed by atoms with Crippen molar-refractivity contribution in [2.45, 2.75) is 241 Å². The van der Waals surface area contributed by atoms with Crippen molar-refractivity contribution in [1.29, 1.82) is 0 Å². The first-order valence-corrected chi connectivity index (χ1v) is 37.3. The molecule has 0 aliphatic carbocycles. The van der Waals surface area contributed by atoms with Crippen LogP contribution in [-0.2, 0) is 65.7 Å². The van der Waals surface area contributed by atoms with Crippen molar-refractivity contribution in [2.24, 2.45) is 46.1 Å². The molecule has 0 radical (unpaired) electrons. The normalized spacial score (nSPS) is 21.8. The smallest absolute Gasteiger partial charge is 0.273 e. The number of hydrogen-bond acceptors (Lipinski definition) is 20. The zero-order valence-electron chi connectivity index (χ0n) is 61.3. The number of primary amides is 1. The third kappa shape index (κ3) is 34.2. The number of rotatable bonds is 39. The minimum absolute atomic E-state index is 0.00259. The van der Waals surface area contributed by atoms with E-state index in [9.17, 15) is 52.7 Å². The van der Waals surface area contributed by atoms with Crippen molar-refractivity contribution < 1.29 is 57.5 Å². The average molecular weight is 1470 g/mol. The number of nitrogens with one attached hydrogen (secondary N) is 11. The molecule has 33 heteroatoms. The first kappa shape index (κ1) is 88.4. The molecular formula is C72H119N21O12. The minimum Gasteiger partial charge on any atom is -0.370 e. The second-order valence-electron chi connectivity index (χ2n) is 27.2. The van der Waals surface area contributed by atoms with Crippen LogP contribution >= 0.6 is 0 Å². The molecule has 0 bridgehead atoms. The van der Waals surface area contributed by atoms with Gasteiger partial charge in [0.25, 0.3) is 5.91 Å². The lowest BCUT2D eigenvalue weighted by atomic mass is 10.00. The molecule has 0 spiro atoms. The largest absolute Gasteiger partial charge is 0.370 e. The SMILES string of the molecule is CC(C)C[C@@H]1NC(=O)[C@H](CCCCN)NC(=O)[C@H](CCCCN)NC(=O)[C@H](Cc2ccccc2)NC(=O)[C@H](CCCCN)NC(=O)[C@H](CCCCN)NC(=O)[C@H](CCCCNC(=O)c2cn(Cc3ccccc3)nn2)NC(=O)[C@H](CCCCN)NC(=O)[C@H](CCCCN)NC(=O)[C@H](CCC(N)=O)NC1=O. The number of aromatic nitrogens is 3. The summed E-state index contributed by atoms with van der Waals surface area (Å²) in [7, 11) is 0. The molecule has 12 amide bonds. The fourth-order valence-electron chi connectivity index (χ4n) is 11.9. The van der Waals surface area contributed by atoms with Gasteiger partial charge in [0.15, 0.2) is 5.69 Å². The summed E-state index contributed by atoms with van der Waals surface area (Å²) in [4.78, 5) is 174. The van der Waals surface area contributed by atoms with Crippen molar-refractivity contribution in [2.75, 3.05) is 45.8 Å². The average Bonchev–Trinajstić information content (AvgIpc) is 1.43. The highest BCUT2D eigenvalue weighted by Gasteiger charge is 2.37. The Morgan fingerprint density at radius 2 is 0.676 bits per heavy atom. The molecule has 1 aliphatic heterocycles. The van der Waals surface area contributed by atoms with Gasteiger partial charge in [0.1, 0.15) is 60.4 Å². The Morgan fingerprint density at radius 3 is 1.00 bits per heavy atom. The first-order chi connectivity index (χ1) is 50.5. The van der Waals surface area contributed by atoms with Gasteiger partial charge in [0.05, 0.1) is 12.7 Å². The van der Waals surface area contributed by atoms with Crippen LogP contribution in [0.15, 0.2) is 66.9 Å². The van der Waals surface area contributed by atoms with E-state index in [1.807, 2.05) is 30.3 Å². The van der Waals surface area contributed by atoms with E-state index < -0.39 is 138 Å². The molecule has 3 aromatic rings. The summed E-state index contributed by atoms with van der Waals surface area (Å²) in [6.07, 6.45) is 5.41. The molecule has 25 N–H and O–H groups in total. The predicted octanol–water partition coefficient (Wildman–Crippen LogP) is -1.58. The van der Waals surface area contributed by atoms with Crippen molar-refractivity contribution in [3.63, 3.8) is 0 Å². The molecule has 0 unspecified atom stereocenters. The van der Waals surface area contributed by atoms with Crippen LogP contribution < -0.4 is 98.6 Å². The second-order valence-corrected chi connectivity index (χ2v) is 27.2. The number of carbonyl (C=O) groups excluding carboxylic acids is 12. The van der Waals surface area contributed by atoms with Crippen molar-refractivity contribution in [1.82, 2.24) is 73.5 Å². The summed E-state index contributed by atoms with van der Waals surface area (Å²) < 4.78 is 1.53. The maximum absolute atomic E-state index is 15.1. The molecule has 105 heavy (non-hydrogen) atoms. The summed E-state index contributed by atoms with van der Waals surface area (Å²) in [6, 6.07) is 4.33. The van der Waals surface area contributed by atoms with E-state index in [0.717, 1.165) is 5.56 Å². The van der Waals surface area contributed by atoms with Gasteiger partial charge in [-0.1, -0.05) is 79.7 Å². The van der Waals surface area contributed by atoms with Crippen molar-refractivity contribution in [3.8, 4) is 0 Å². The van der Waals surface area contributed by atoms with Crippen molar-refractivity contribution >= 4 is 70.9 Å². The van der Waals surface area contributed by atoms with E-state index in [0.29, 0.717) is 82.7 Å². The molecule has 4 rings (SSSR count). The van der Waals surface area contributed by atoms with Gasteiger partial charge < -0.3 is 98.6 Å². The van der Waals surface area contributed by atoms with Crippen LogP contribution in [0, 0.1) is 5.92 Å². The van der Waals surface area contributed by atoms with Gasteiger partial charge >= 0.3 is 0 Å². The quantitative estimate of drug-likeness (QED) is 0.0287. The number of nitrogens with two attached hydrogens (primary N) is 7. The molecule has 10 atom stereocenters. The maximum atomic E-state index is 15.1. The number of nitrogens with zero attached hydrogens (tertiary/aromatic N) is 3. The molecule has 0 saturated carbocycles. The molecular weight excluding hydrogens is 1350 g/mol. The zero-order chi connectivity index (χ0) is 76.9. The van der Waals surface area contributed by atoms with Crippen LogP contribution in [0.2, 0.25) is 0 Å². The van der Waals surface area contributed by atoms with E-state index in [1.165, 1.54) is 10.9 Å². The molecule has 1 aliphatic rings. The monoisotopic (exact) mass is 1470 g/mol. The Morgan fingerprint density at radius 1 is 0.390 bits per heavy atom. The summed E-state index contributed by atoms with van der Waals surface area (Å²) in [5, 5.41) is 38.8. The van der Waals surface area contributed by atoms with E-state index >= 15 is 4.79 Å². The standard InChI is InChI=1S/C72H119N21O12/c1-47(2)43-58-71(104)88-57(34-35-61(79)94)70(103)86-52(29-11-18-38-75)65(98)81-51(28-10-17-37-74)64(97)85-56(33-15-22-42-80-62(95)60-46-93(92-91-60)45-49-25-7-4-8-26-49)67(100)82-50(27-9-16-36-73)63(96)84-55(32-14-21-41-78)69(102)90-59(44-48-23-5-3-6-24-48)72(105)87-53(30-12-19-39-76)66(99)83-54(68(101)89-58)31-13-20-40-77/h3-8,23-26,46-47,50-59H,9-22,27-45,73-78H2,1-2H3,(H2,79,94)(H,80,95)(H,81,98)(H,82,100)(H,83,99)(H,84,96)(H,85,97)(H,86,103)(H,87,105)(H,88,104)(H,89,101)(H,90,102)/t50-,51-,52-,53-,54-,55-,56-,57-,58-,59-/m0/s1. The van der Waals surface area contributed by atoms with Gasteiger partial charge in [-0.15, -0.1) is 5.10 Å². The van der Waals surface area contributed by atoms with Crippen LogP contribution in [-0.4, -0.2) is 192 Å². The van der Waals surface area contributed by atoms with E-state index in [2.05, 4.69) is 68.8 Å². The molecule has 584 valence electrons. The van der Waals surface area contributed by atoms with Crippen LogP contribution in [0.4, 0.5) is 0 Å². The maximum Gasteiger partial charge on any atom is 0.273 e. The molecule has 1 aromatic heterocycles. The molecule has 1 saturated heterocycles. The Labute approximate surface area is 616 Å². The third-order valence-corrected chi connectivity index (χ3v) is 17.8. The number of amides is 12. The number of carbonyl (C=O) groups is 12. The molecule has 2 heterocycles. The Hall–Kier alpha value is -9.02. The fraction of sp³-hybridized carbons (Fsp3) is 0.639. The highest BCUT2D eigenvalue weighted by Crippen LogP contribution is 2.16. The summed E-state index contributed by atoms with van der Waals surface area (Å²) >= 11 is 0. The summed E-state index contributed by atoms with van der Waals surface area (Å²) in [6.45, 7) is 5.40. The van der Waals surface area contributed by atoms with Crippen LogP contribution in [0.5, 0.6) is 0 Å². The predicted molar refractivity (Wildman–Crippen MR) is 397 cm³/mol. The van der Waals surface area contributed by atoms with Gasteiger partial charge in [-0.3, -0.25) is 57.5 Å². The van der Waals surface area contributed by atoms with E-state index in [4.69, 9.17) is 40.1 Å².